The van der Waals surface area contributed by atoms with Gasteiger partial charge in [0, 0.05) is 51.4 Å². The van der Waals surface area contributed by atoms with E-state index in [1.807, 2.05) is 74.5 Å². The van der Waals surface area contributed by atoms with Crippen LogP contribution < -0.4 is 27.0 Å². The number of unbranched alkanes of at least 4 members (excludes halogenated alkanes) is 1. The molecule has 318 valence electrons. The van der Waals surface area contributed by atoms with Gasteiger partial charge in [-0.2, -0.15) is 0 Å². The predicted octanol–water partition coefficient (Wildman–Crippen LogP) is 3.10. The Labute approximate surface area is 343 Å². The van der Waals surface area contributed by atoms with Crippen molar-refractivity contribution in [3.63, 3.8) is 0 Å². The van der Waals surface area contributed by atoms with Gasteiger partial charge in [0.2, 0.25) is 11.8 Å². The highest BCUT2D eigenvalue weighted by Gasteiger charge is 2.49. The summed E-state index contributed by atoms with van der Waals surface area (Å²) in [6.07, 6.45) is 3.32. The normalized spacial score (nSPS) is 17.0. The Balaban J connectivity index is 1.44. The van der Waals surface area contributed by atoms with Crippen molar-refractivity contribution in [3.8, 4) is 0 Å². The lowest BCUT2D eigenvalue weighted by atomic mass is 9.85. The summed E-state index contributed by atoms with van der Waals surface area (Å²) < 4.78 is 10.5. The van der Waals surface area contributed by atoms with Crippen molar-refractivity contribution in [2.75, 3.05) is 53.1 Å². The molecule has 58 heavy (non-hydrogen) atoms. The third kappa shape index (κ3) is 14.7. The molecule has 2 aliphatic heterocycles. The molecule has 2 aromatic rings. The van der Waals surface area contributed by atoms with Gasteiger partial charge in [-0.3, -0.25) is 29.3 Å². The van der Waals surface area contributed by atoms with Gasteiger partial charge in [-0.05, 0) is 68.5 Å². The second-order valence-corrected chi connectivity index (χ2v) is 16.1. The largest absolute Gasteiger partial charge is 0.382 e. The quantitative estimate of drug-likeness (QED) is 0.0696. The number of nitrogens with one attached hydrogen (secondary N) is 4. The average molecular weight is 805 g/mol. The zero-order valence-electron chi connectivity index (χ0n) is 34.5. The molecule has 5 amide bonds. The van der Waals surface area contributed by atoms with Crippen molar-refractivity contribution in [2.24, 2.45) is 23.5 Å². The number of rotatable bonds is 26. The van der Waals surface area contributed by atoms with E-state index in [-0.39, 0.29) is 68.1 Å². The van der Waals surface area contributed by atoms with Crippen LogP contribution in [0.4, 0.5) is 4.79 Å². The summed E-state index contributed by atoms with van der Waals surface area (Å²) in [6.45, 7) is 7.47. The number of imide groups is 1. The number of carbonyl (C=O) groups is 6. The number of likely N-dealkylation sites (tertiary alicyclic amines) is 1. The molecule has 0 unspecified atom stereocenters. The van der Waals surface area contributed by atoms with E-state index in [2.05, 4.69) is 21.3 Å². The molecule has 1 spiro atoms. The highest BCUT2D eigenvalue weighted by molar-refractivity contribution is 6.07. The van der Waals surface area contributed by atoms with Crippen molar-refractivity contribution in [3.05, 3.63) is 71.8 Å². The van der Waals surface area contributed by atoms with Gasteiger partial charge in [-0.25, -0.2) is 4.79 Å². The fraction of sp³-hybridized carbons (Fsp3) is 0.591. The van der Waals surface area contributed by atoms with Crippen LogP contribution in [0.15, 0.2) is 60.7 Å². The van der Waals surface area contributed by atoms with Crippen LogP contribution >= 0.6 is 0 Å². The lowest BCUT2D eigenvalue weighted by Crippen LogP contribution is -2.56. The van der Waals surface area contributed by atoms with E-state index in [0.29, 0.717) is 65.0 Å². The molecule has 0 saturated carbocycles. The number of ketones is 2. The molecule has 14 nitrogen and oxygen atoms in total. The molecule has 4 atom stereocenters. The van der Waals surface area contributed by atoms with Crippen LogP contribution in [0.25, 0.3) is 0 Å². The number of nitrogens with two attached hydrogens (primary N) is 1. The van der Waals surface area contributed by atoms with E-state index in [9.17, 15) is 28.8 Å². The molecule has 0 bridgehead atoms. The molecule has 0 aromatic heterocycles. The van der Waals surface area contributed by atoms with Crippen molar-refractivity contribution in [2.45, 2.75) is 95.7 Å². The van der Waals surface area contributed by atoms with E-state index in [1.165, 1.54) is 0 Å². The Morgan fingerprint density at radius 1 is 0.828 bits per heavy atom. The van der Waals surface area contributed by atoms with Crippen LogP contribution in [-0.4, -0.2) is 111 Å². The molecule has 6 N–H and O–H groups in total. The Bertz CT molecular complexity index is 1630. The Hall–Kier alpha value is -4.50. The summed E-state index contributed by atoms with van der Waals surface area (Å²) in [4.78, 5) is 82.3. The Morgan fingerprint density at radius 3 is 2.07 bits per heavy atom. The van der Waals surface area contributed by atoms with E-state index < -0.39 is 41.4 Å². The van der Waals surface area contributed by atoms with E-state index in [0.717, 1.165) is 17.5 Å². The van der Waals surface area contributed by atoms with Crippen LogP contribution in [0.5, 0.6) is 0 Å². The van der Waals surface area contributed by atoms with Crippen LogP contribution in [0.3, 0.4) is 0 Å². The molecule has 2 aromatic carbocycles. The van der Waals surface area contributed by atoms with Crippen LogP contribution in [0.2, 0.25) is 0 Å². The minimum absolute atomic E-state index is 0.0486. The third-order valence-corrected chi connectivity index (χ3v) is 11.0. The van der Waals surface area contributed by atoms with Crippen LogP contribution in [0, 0.1) is 17.8 Å². The minimum Gasteiger partial charge on any atom is -0.382 e. The number of piperidine rings is 1. The first kappa shape index (κ1) is 46.2. The third-order valence-electron chi connectivity index (χ3n) is 11.0. The molecule has 2 aliphatic rings. The number of hydrogen-bond donors (Lipinski definition) is 5. The Kier molecular flexibility index (Phi) is 18.9. The van der Waals surface area contributed by atoms with Gasteiger partial charge >= 0.3 is 6.03 Å². The molecule has 0 radical (unpaired) electrons. The molecule has 14 heteroatoms. The molecular weight excluding hydrogens is 741 g/mol. The minimum atomic E-state index is -1.03. The smallest absolute Gasteiger partial charge is 0.322 e. The van der Waals surface area contributed by atoms with E-state index in [1.54, 1.807) is 12.0 Å². The number of benzene rings is 2. The average Bonchev–Trinajstić information content (AvgIpc) is 3.48. The summed E-state index contributed by atoms with van der Waals surface area (Å²) in [5, 5.41) is 11.4. The van der Waals surface area contributed by atoms with E-state index >= 15 is 0 Å². The first-order valence-corrected chi connectivity index (χ1v) is 20.8. The van der Waals surface area contributed by atoms with Gasteiger partial charge in [-0.15, -0.1) is 0 Å². The summed E-state index contributed by atoms with van der Waals surface area (Å²) in [6, 6.07) is 16.8. The first-order valence-electron chi connectivity index (χ1n) is 20.8. The van der Waals surface area contributed by atoms with Crippen molar-refractivity contribution in [1.82, 2.24) is 26.2 Å². The number of carbonyl (C=O) groups excluding carboxylic acids is 6. The first-order chi connectivity index (χ1) is 27.9. The maximum atomic E-state index is 14.3. The van der Waals surface area contributed by atoms with Crippen molar-refractivity contribution in [1.29, 1.82) is 0 Å². The lowest BCUT2D eigenvalue weighted by molar-refractivity contribution is -0.142. The molecular formula is C44H64N6O8. The Morgan fingerprint density at radius 2 is 1.47 bits per heavy atom. The summed E-state index contributed by atoms with van der Waals surface area (Å²) >= 11 is 0. The number of amides is 5. The molecule has 2 saturated heterocycles. The number of urea groups is 1. The second-order valence-electron chi connectivity index (χ2n) is 16.1. The highest BCUT2D eigenvalue weighted by atomic mass is 16.5. The number of Topliss-reactive ketones (excluding diaryl/α,β-unsaturated/α-hetero) is 2. The number of hydrogen-bond acceptors (Lipinski definition) is 10. The molecule has 2 heterocycles. The maximum Gasteiger partial charge on any atom is 0.322 e. The standard InChI is InChI=1S/C44H64N6O8/c1-31(2)26-37(47-40(53)35(27-32-12-6-4-7-13-32)30-38(51)36(45)28-33-14-8-5-9-15-33)39(52)29-34(16-10-11-19-46-20-23-58-25-24-57-3)41(54)50-21-17-44(18-22-50)42(55)48-43(56)49-44/h4-9,12-15,31,34-37,46H,10-11,16-30,45H2,1-3H3,(H,47,53)(H2,48,49,55,56)/t34-,35-,36+,37+/m0/s1. The fourth-order valence-corrected chi connectivity index (χ4v) is 7.66. The van der Waals surface area contributed by atoms with Crippen molar-refractivity contribution >= 4 is 35.3 Å². The predicted molar refractivity (Wildman–Crippen MR) is 221 cm³/mol. The topological polar surface area (TPSA) is 198 Å². The number of nitrogens with zero attached hydrogens (tertiary/aromatic N) is 1. The van der Waals surface area contributed by atoms with Gasteiger partial charge in [0.1, 0.15) is 5.54 Å². The van der Waals surface area contributed by atoms with Crippen LogP contribution in [0.1, 0.15) is 76.3 Å². The lowest BCUT2D eigenvalue weighted by Gasteiger charge is -2.38. The van der Waals surface area contributed by atoms with E-state index in [4.69, 9.17) is 15.2 Å². The molecule has 0 aliphatic carbocycles. The highest BCUT2D eigenvalue weighted by Crippen LogP contribution is 2.28. The zero-order valence-corrected chi connectivity index (χ0v) is 34.5. The van der Waals surface area contributed by atoms with Crippen LogP contribution in [-0.2, 0) is 46.3 Å². The van der Waals surface area contributed by atoms with Gasteiger partial charge in [0.15, 0.2) is 11.6 Å². The van der Waals surface area contributed by atoms with Crippen molar-refractivity contribution < 1.29 is 38.2 Å². The number of ether oxygens (including phenoxy) is 2. The second kappa shape index (κ2) is 23.8. The van der Waals surface area contributed by atoms with Gasteiger partial charge in [0.25, 0.3) is 5.91 Å². The van der Waals surface area contributed by atoms with Gasteiger partial charge < -0.3 is 36.1 Å². The zero-order chi connectivity index (χ0) is 41.9. The monoisotopic (exact) mass is 804 g/mol. The fourth-order valence-electron chi connectivity index (χ4n) is 7.66. The SMILES string of the molecule is COCCOCCNCCCC[C@@H](CC(=O)[C@@H](CC(C)C)NC(=O)[C@H](CC(=O)[C@H](N)Cc1ccccc1)Cc1ccccc1)C(=O)N1CCC2(CC1)NC(=O)NC2=O. The number of methoxy groups -OCH3 is 1. The molecule has 2 fully saturated rings. The summed E-state index contributed by atoms with van der Waals surface area (Å²) in [5.41, 5.74) is 7.15. The van der Waals surface area contributed by atoms with Gasteiger partial charge in [0.05, 0.1) is 31.9 Å². The van der Waals surface area contributed by atoms with Gasteiger partial charge in [-0.1, -0.05) is 80.9 Å². The molecule has 4 rings (SSSR count). The summed E-state index contributed by atoms with van der Waals surface area (Å²) in [5.74, 6) is -2.79. The summed E-state index contributed by atoms with van der Waals surface area (Å²) in [7, 11) is 1.63. The maximum absolute atomic E-state index is 14.3.